The smallest absolute Gasteiger partial charge is 0.419 e. The van der Waals surface area contributed by atoms with Crippen molar-refractivity contribution in [3.8, 4) is 11.8 Å². The number of aromatic nitrogens is 2. The summed E-state index contributed by atoms with van der Waals surface area (Å²) >= 11 is 0. The molecule has 110 valence electrons. The number of nitrogens with zero attached hydrogens (tertiary/aromatic N) is 2. The number of hydrogen-bond acceptors (Lipinski definition) is 4. The summed E-state index contributed by atoms with van der Waals surface area (Å²) in [5, 5.41) is 8.83. The number of halogens is 3. The molecule has 0 aliphatic rings. The lowest BCUT2D eigenvalue weighted by molar-refractivity contribution is -0.138. The van der Waals surface area contributed by atoms with E-state index in [9.17, 15) is 18.0 Å². The van der Waals surface area contributed by atoms with Crippen LogP contribution in [0.15, 0.2) is 30.5 Å². The summed E-state index contributed by atoms with van der Waals surface area (Å²) in [7, 11) is 0. The van der Waals surface area contributed by atoms with E-state index in [1.165, 1.54) is 19.1 Å². The number of carboxylic acid groups (broad SMARTS) is 1. The first-order valence-corrected chi connectivity index (χ1v) is 5.70. The Labute approximate surface area is 117 Å². The number of carbonyl (C=O) groups is 1. The standard InChI is InChI=1S/C13H9F3N2O3/c1-7-8(11(19)20)6-17-12(18-7)21-10-5-3-2-4-9(10)13(14,15)16/h2-6H,1H3,(H,19,20). The molecule has 0 unspecified atom stereocenters. The minimum Gasteiger partial charge on any atom is -0.478 e. The molecule has 0 aliphatic carbocycles. The zero-order valence-electron chi connectivity index (χ0n) is 10.7. The van der Waals surface area contributed by atoms with Gasteiger partial charge in [-0.15, -0.1) is 0 Å². The highest BCUT2D eigenvalue weighted by molar-refractivity contribution is 5.88. The summed E-state index contributed by atoms with van der Waals surface area (Å²) in [6.45, 7) is 1.40. The third-order valence-corrected chi connectivity index (χ3v) is 2.58. The first-order valence-electron chi connectivity index (χ1n) is 5.70. The van der Waals surface area contributed by atoms with Crippen LogP contribution in [-0.4, -0.2) is 21.0 Å². The number of ether oxygens (including phenoxy) is 1. The molecule has 0 fully saturated rings. The van der Waals surface area contributed by atoms with Crippen LogP contribution in [0.2, 0.25) is 0 Å². The van der Waals surface area contributed by atoms with Gasteiger partial charge in [-0.2, -0.15) is 18.2 Å². The fraction of sp³-hybridized carbons (Fsp3) is 0.154. The topological polar surface area (TPSA) is 72.3 Å². The van der Waals surface area contributed by atoms with Crippen molar-refractivity contribution in [2.75, 3.05) is 0 Å². The van der Waals surface area contributed by atoms with Crippen molar-refractivity contribution >= 4 is 5.97 Å². The summed E-state index contributed by atoms with van der Waals surface area (Å²) in [4.78, 5) is 18.1. The molecule has 0 saturated heterocycles. The molecule has 8 heteroatoms. The molecule has 5 nitrogen and oxygen atoms in total. The van der Waals surface area contributed by atoms with Crippen LogP contribution in [0.4, 0.5) is 13.2 Å². The Morgan fingerprint density at radius 1 is 1.29 bits per heavy atom. The van der Waals surface area contributed by atoms with Crippen LogP contribution in [-0.2, 0) is 6.18 Å². The molecule has 0 bridgehead atoms. The van der Waals surface area contributed by atoms with Crippen molar-refractivity contribution in [2.24, 2.45) is 0 Å². The molecule has 1 N–H and O–H groups in total. The van der Waals surface area contributed by atoms with Crippen molar-refractivity contribution in [1.29, 1.82) is 0 Å². The average molecular weight is 298 g/mol. The maximum atomic E-state index is 12.8. The highest BCUT2D eigenvalue weighted by Gasteiger charge is 2.34. The maximum Gasteiger partial charge on any atom is 0.419 e. The van der Waals surface area contributed by atoms with E-state index in [-0.39, 0.29) is 17.3 Å². The number of alkyl halides is 3. The number of para-hydroxylation sites is 1. The second-order valence-corrected chi connectivity index (χ2v) is 4.05. The lowest BCUT2D eigenvalue weighted by Gasteiger charge is -2.12. The molecule has 2 aromatic rings. The third-order valence-electron chi connectivity index (χ3n) is 2.58. The van der Waals surface area contributed by atoms with Gasteiger partial charge in [0, 0.05) is 6.20 Å². The molecule has 1 heterocycles. The molecular weight excluding hydrogens is 289 g/mol. The number of aromatic carboxylic acids is 1. The Hall–Kier alpha value is -2.64. The number of rotatable bonds is 3. The Morgan fingerprint density at radius 3 is 2.52 bits per heavy atom. The molecule has 2 rings (SSSR count). The number of aryl methyl sites for hydroxylation is 1. The molecule has 21 heavy (non-hydrogen) atoms. The number of hydrogen-bond donors (Lipinski definition) is 1. The Bertz CT molecular complexity index is 687. The van der Waals surface area contributed by atoms with Gasteiger partial charge in [-0.1, -0.05) is 12.1 Å². The summed E-state index contributed by atoms with van der Waals surface area (Å²) < 4.78 is 43.4. The van der Waals surface area contributed by atoms with Crippen LogP contribution in [0.5, 0.6) is 11.8 Å². The second kappa shape index (κ2) is 5.39. The quantitative estimate of drug-likeness (QED) is 0.941. The van der Waals surface area contributed by atoms with Crippen molar-refractivity contribution in [3.63, 3.8) is 0 Å². The summed E-state index contributed by atoms with van der Waals surface area (Å²) in [5.41, 5.74) is -1.02. The van der Waals surface area contributed by atoms with Gasteiger partial charge >= 0.3 is 18.2 Å². The van der Waals surface area contributed by atoms with Gasteiger partial charge < -0.3 is 9.84 Å². The van der Waals surface area contributed by atoms with Crippen molar-refractivity contribution < 1.29 is 27.8 Å². The maximum absolute atomic E-state index is 12.8. The fourth-order valence-electron chi connectivity index (χ4n) is 1.59. The van der Waals surface area contributed by atoms with E-state index in [1.54, 1.807) is 0 Å². The van der Waals surface area contributed by atoms with E-state index in [2.05, 4.69) is 9.97 Å². The molecule has 0 atom stereocenters. The summed E-state index contributed by atoms with van der Waals surface area (Å²) in [6, 6.07) is 4.26. The largest absolute Gasteiger partial charge is 0.478 e. The first kappa shape index (κ1) is 14.8. The van der Waals surface area contributed by atoms with Crippen molar-refractivity contribution in [3.05, 3.63) is 47.3 Å². The first-order chi connectivity index (χ1) is 9.79. The third kappa shape index (κ3) is 3.28. The molecule has 0 aliphatic heterocycles. The highest BCUT2D eigenvalue weighted by Crippen LogP contribution is 2.37. The van der Waals surface area contributed by atoms with E-state index in [4.69, 9.17) is 9.84 Å². The molecule has 1 aromatic heterocycles. The van der Waals surface area contributed by atoms with Crippen LogP contribution in [0.1, 0.15) is 21.6 Å². The molecule has 1 aromatic carbocycles. The van der Waals surface area contributed by atoms with Gasteiger partial charge in [-0.05, 0) is 19.1 Å². The van der Waals surface area contributed by atoms with Crippen LogP contribution in [0, 0.1) is 6.92 Å². The van der Waals surface area contributed by atoms with Crippen LogP contribution in [0.3, 0.4) is 0 Å². The van der Waals surface area contributed by atoms with Gasteiger partial charge in [0.2, 0.25) is 0 Å². The van der Waals surface area contributed by atoms with Gasteiger partial charge in [0.1, 0.15) is 5.75 Å². The minimum atomic E-state index is -4.58. The van der Waals surface area contributed by atoms with Gasteiger partial charge in [-0.3, -0.25) is 0 Å². The predicted octanol–water partition coefficient (Wildman–Crippen LogP) is 3.29. The lowest BCUT2D eigenvalue weighted by Crippen LogP contribution is -2.08. The molecule has 0 radical (unpaired) electrons. The normalized spacial score (nSPS) is 11.2. The SMILES string of the molecule is Cc1nc(Oc2ccccc2C(F)(F)F)ncc1C(=O)O. The van der Waals surface area contributed by atoms with E-state index >= 15 is 0 Å². The Balaban J connectivity index is 2.35. The van der Waals surface area contributed by atoms with Crippen LogP contribution >= 0.6 is 0 Å². The number of carboxylic acids is 1. The van der Waals surface area contributed by atoms with E-state index in [0.717, 1.165) is 18.3 Å². The fourth-order valence-corrected chi connectivity index (χ4v) is 1.59. The van der Waals surface area contributed by atoms with Gasteiger partial charge in [-0.25, -0.2) is 9.78 Å². The zero-order chi connectivity index (χ0) is 15.6. The minimum absolute atomic E-state index is 0.0944. The molecular formula is C13H9F3N2O3. The van der Waals surface area contributed by atoms with Crippen LogP contribution < -0.4 is 4.74 Å². The Morgan fingerprint density at radius 2 is 1.95 bits per heavy atom. The van der Waals surface area contributed by atoms with Gasteiger partial charge in [0.25, 0.3) is 0 Å². The number of benzene rings is 1. The van der Waals surface area contributed by atoms with Crippen molar-refractivity contribution in [2.45, 2.75) is 13.1 Å². The zero-order valence-corrected chi connectivity index (χ0v) is 10.7. The summed E-state index contributed by atoms with van der Waals surface area (Å²) in [5.74, 6) is -1.68. The summed E-state index contributed by atoms with van der Waals surface area (Å²) in [6.07, 6.45) is -3.59. The van der Waals surface area contributed by atoms with E-state index in [1.807, 2.05) is 0 Å². The molecule has 0 saturated carbocycles. The molecule has 0 amide bonds. The van der Waals surface area contributed by atoms with Crippen LogP contribution in [0.25, 0.3) is 0 Å². The average Bonchev–Trinajstić information content (AvgIpc) is 2.37. The van der Waals surface area contributed by atoms with E-state index < -0.39 is 23.5 Å². The van der Waals surface area contributed by atoms with Gasteiger partial charge in [0.15, 0.2) is 0 Å². The van der Waals surface area contributed by atoms with Gasteiger partial charge in [0.05, 0.1) is 16.8 Å². The monoisotopic (exact) mass is 298 g/mol. The predicted molar refractivity (Wildman–Crippen MR) is 65.2 cm³/mol. The highest BCUT2D eigenvalue weighted by atomic mass is 19.4. The van der Waals surface area contributed by atoms with Crippen molar-refractivity contribution in [1.82, 2.24) is 9.97 Å². The second-order valence-electron chi connectivity index (χ2n) is 4.05. The van der Waals surface area contributed by atoms with E-state index in [0.29, 0.717) is 0 Å². The molecule has 0 spiro atoms. The lowest BCUT2D eigenvalue weighted by atomic mass is 10.2. The Kier molecular flexibility index (Phi) is 3.79.